The monoisotopic (exact) mass is 178 g/mol. The molecule has 3 nitrogen and oxygen atoms in total. The SMILES string of the molecule is CC(=O)Cc1ccc(C(N)N)cc1. The molecule has 0 atom stereocenters. The van der Waals surface area contributed by atoms with Gasteiger partial charge in [0.15, 0.2) is 0 Å². The van der Waals surface area contributed by atoms with Gasteiger partial charge in [0.25, 0.3) is 0 Å². The Morgan fingerprint density at radius 3 is 2.23 bits per heavy atom. The molecule has 4 N–H and O–H groups in total. The lowest BCUT2D eigenvalue weighted by Crippen LogP contribution is -2.19. The van der Waals surface area contributed by atoms with Crippen LogP contribution in [0.5, 0.6) is 0 Å². The maximum Gasteiger partial charge on any atom is 0.134 e. The van der Waals surface area contributed by atoms with Gasteiger partial charge in [-0.3, -0.25) is 4.79 Å². The molecule has 0 aliphatic heterocycles. The zero-order valence-corrected chi connectivity index (χ0v) is 7.66. The van der Waals surface area contributed by atoms with Gasteiger partial charge >= 0.3 is 0 Å². The molecule has 0 bridgehead atoms. The first kappa shape index (κ1) is 9.89. The quantitative estimate of drug-likeness (QED) is 0.670. The first-order valence-electron chi connectivity index (χ1n) is 4.19. The number of hydrogen-bond acceptors (Lipinski definition) is 3. The van der Waals surface area contributed by atoms with Crippen LogP contribution in [0.2, 0.25) is 0 Å². The van der Waals surface area contributed by atoms with E-state index in [0.29, 0.717) is 6.42 Å². The fraction of sp³-hybridized carbons (Fsp3) is 0.300. The Bertz CT molecular complexity index is 290. The lowest BCUT2D eigenvalue weighted by molar-refractivity contribution is -0.116. The van der Waals surface area contributed by atoms with Crippen LogP contribution in [0.4, 0.5) is 0 Å². The van der Waals surface area contributed by atoms with Crippen LogP contribution in [0.15, 0.2) is 24.3 Å². The van der Waals surface area contributed by atoms with Crippen LogP contribution in [-0.2, 0) is 11.2 Å². The van der Waals surface area contributed by atoms with Gasteiger partial charge in [0.1, 0.15) is 5.78 Å². The third kappa shape index (κ3) is 2.97. The molecule has 0 saturated carbocycles. The summed E-state index contributed by atoms with van der Waals surface area (Å²) in [5.41, 5.74) is 12.8. The van der Waals surface area contributed by atoms with Gasteiger partial charge in [0.05, 0.1) is 6.17 Å². The van der Waals surface area contributed by atoms with E-state index in [0.717, 1.165) is 11.1 Å². The molecule has 0 spiro atoms. The lowest BCUT2D eigenvalue weighted by Gasteiger charge is -2.05. The molecule has 0 radical (unpaired) electrons. The van der Waals surface area contributed by atoms with Crippen molar-refractivity contribution in [1.82, 2.24) is 0 Å². The Labute approximate surface area is 77.7 Å². The van der Waals surface area contributed by atoms with E-state index in [-0.39, 0.29) is 5.78 Å². The van der Waals surface area contributed by atoms with Gasteiger partial charge in [-0.15, -0.1) is 0 Å². The van der Waals surface area contributed by atoms with E-state index in [1.165, 1.54) is 0 Å². The van der Waals surface area contributed by atoms with Gasteiger partial charge in [-0.05, 0) is 18.1 Å². The molecule has 0 aromatic heterocycles. The highest BCUT2D eigenvalue weighted by Gasteiger charge is 2.00. The van der Waals surface area contributed by atoms with E-state index in [2.05, 4.69) is 0 Å². The molecule has 0 aliphatic rings. The van der Waals surface area contributed by atoms with Gasteiger partial charge in [0, 0.05) is 6.42 Å². The number of Topliss-reactive ketones (excluding diaryl/α,β-unsaturated/α-hetero) is 1. The molecule has 0 heterocycles. The largest absolute Gasteiger partial charge is 0.312 e. The number of hydrogen-bond donors (Lipinski definition) is 2. The molecule has 1 aromatic rings. The third-order valence-corrected chi connectivity index (χ3v) is 1.82. The van der Waals surface area contributed by atoms with Crippen LogP contribution in [0, 0.1) is 0 Å². The summed E-state index contributed by atoms with van der Waals surface area (Å²) in [5.74, 6) is 0.157. The Morgan fingerprint density at radius 1 is 1.31 bits per heavy atom. The van der Waals surface area contributed by atoms with E-state index >= 15 is 0 Å². The van der Waals surface area contributed by atoms with Crippen LogP contribution in [0.25, 0.3) is 0 Å². The number of ketones is 1. The predicted octanol–water partition coefficient (Wildman–Crippen LogP) is 0.734. The van der Waals surface area contributed by atoms with Crippen LogP contribution in [0.1, 0.15) is 24.2 Å². The molecule has 0 aliphatic carbocycles. The highest BCUT2D eigenvalue weighted by molar-refractivity contribution is 5.78. The average molecular weight is 178 g/mol. The molecular weight excluding hydrogens is 164 g/mol. The number of carbonyl (C=O) groups excluding carboxylic acids is 1. The van der Waals surface area contributed by atoms with Gasteiger partial charge in [-0.1, -0.05) is 24.3 Å². The second-order valence-electron chi connectivity index (χ2n) is 3.15. The topological polar surface area (TPSA) is 69.1 Å². The van der Waals surface area contributed by atoms with Crippen molar-refractivity contribution >= 4 is 5.78 Å². The molecule has 0 unspecified atom stereocenters. The lowest BCUT2D eigenvalue weighted by atomic mass is 10.1. The molecule has 1 aromatic carbocycles. The first-order chi connectivity index (χ1) is 6.09. The Morgan fingerprint density at radius 2 is 1.85 bits per heavy atom. The highest BCUT2D eigenvalue weighted by Crippen LogP contribution is 2.08. The zero-order chi connectivity index (χ0) is 9.84. The van der Waals surface area contributed by atoms with Crippen molar-refractivity contribution in [3.8, 4) is 0 Å². The van der Waals surface area contributed by atoms with Crippen molar-refractivity contribution in [2.24, 2.45) is 11.5 Å². The maximum atomic E-state index is 10.8. The van der Waals surface area contributed by atoms with E-state index in [9.17, 15) is 4.79 Å². The predicted molar refractivity (Wildman–Crippen MR) is 51.9 cm³/mol. The Balaban J connectivity index is 2.75. The van der Waals surface area contributed by atoms with Crippen molar-refractivity contribution in [2.45, 2.75) is 19.5 Å². The molecule has 13 heavy (non-hydrogen) atoms. The molecule has 70 valence electrons. The second-order valence-corrected chi connectivity index (χ2v) is 3.15. The van der Waals surface area contributed by atoms with Crippen molar-refractivity contribution in [3.05, 3.63) is 35.4 Å². The summed E-state index contributed by atoms with van der Waals surface area (Å²) >= 11 is 0. The minimum absolute atomic E-state index is 0.157. The number of carbonyl (C=O) groups is 1. The summed E-state index contributed by atoms with van der Waals surface area (Å²) in [7, 11) is 0. The van der Waals surface area contributed by atoms with Crippen molar-refractivity contribution < 1.29 is 4.79 Å². The van der Waals surface area contributed by atoms with Gasteiger partial charge in [-0.2, -0.15) is 0 Å². The van der Waals surface area contributed by atoms with Crippen LogP contribution >= 0.6 is 0 Å². The minimum Gasteiger partial charge on any atom is -0.312 e. The summed E-state index contributed by atoms with van der Waals surface area (Å²) < 4.78 is 0. The molecule has 3 heteroatoms. The summed E-state index contributed by atoms with van der Waals surface area (Å²) in [6.07, 6.45) is 0.0338. The Kier molecular flexibility index (Phi) is 3.17. The minimum atomic E-state index is -0.439. The Hall–Kier alpha value is -1.19. The molecule has 0 saturated heterocycles. The van der Waals surface area contributed by atoms with Crippen molar-refractivity contribution in [1.29, 1.82) is 0 Å². The number of benzene rings is 1. The highest BCUT2D eigenvalue weighted by atomic mass is 16.1. The zero-order valence-electron chi connectivity index (χ0n) is 7.66. The smallest absolute Gasteiger partial charge is 0.134 e. The first-order valence-corrected chi connectivity index (χ1v) is 4.19. The molecule has 0 amide bonds. The third-order valence-electron chi connectivity index (χ3n) is 1.82. The van der Waals surface area contributed by atoms with Gasteiger partial charge in [0.2, 0.25) is 0 Å². The van der Waals surface area contributed by atoms with E-state index < -0.39 is 6.17 Å². The molecule has 1 rings (SSSR count). The summed E-state index contributed by atoms with van der Waals surface area (Å²) in [5, 5.41) is 0. The normalized spacial score (nSPS) is 10.5. The fourth-order valence-corrected chi connectivity index (χ4v) is 1.15. The maximum absolute atomic E-state index is 10.8. The number of nitrogens with two attached hydrogens (primary N) is 2. The van der Waals surface area contributed by atoms with Crippen LogP contribution in [-0.4, -0.2) is 5.78 Å². The average Bonchev–Trinajstić information content (AvgIpc) is 2.04. The van der Waals surface area contributed by atoms with Crippen LogP contribution < -0.4 is 11.5 Å². The van der Waals surface area contributed by atoms with E-state index in [1.807, 2.05) is 24.3 Å². The fourth-order valence-electron chi connectivity index (χ4n) is 1.15. The molecule has 0 fully saturated rings. The van der Waals surface area contributed by atoms with Gasteiger partial charge in [-0.25, -0.2) is 0 Å². The van der Waals surface area contributed by atoms with Gasteiger partial charge < -0.3 is 11.5 Å². The van der Waals surface area contributed by atoms with Crippen molar-refractivity contribution in [2.75, 3.05) is 0 Å². The summed E-state index contributed by atoms with van der Waals surface area (Å²) in [6.45, 7) is 1.57. The molecular formula is C10H14N2O. The van der Waals surface area contributed by atoms with Crippen LogP contribution in [0.3, 0.4) is 0 Å². The van der Waals surface area contributed by atoms with Crippen molar-refractivity contribution in [3.63, 3.8) is 0 Å². The standard InChI is InChI=1S/C10H14N2O/c1-7(13)6-8-2-4-9(5-3-8)10(11)12/h2-5,10H,6,11-12H2,1H3. The second kappa shape index (κ2) is 4.16. The summed E-state index contributed by atoms with van der Waals surface area (Å²) in [6, 6.07) is 7.46. The van der Waals surface area contributed by atoms with E-state index in [4.69, 9.17) is 11.5 Å². The van der Waals surface area contributed by atoms with E-state index in [1.54, 1.807) is 6.92 Å². The summed E-state index contributed by atoms with van der Waals surface area (Å²) in [4.78, 5) is 10.8. The number of rotatable bonds is 3.